The second-order valence-corrected chi connectivity index (χ2v) is 6.38. The molecule has 0 saturated heterocycles. The van der Waals surface area contributed by atoms with Gasteiger partial charge < -0.3 is 15.2 Å². The summed E-state index contributed by atoms with van der Waals surface area (Å²) in [6.07, 6.45) is 1.65. The molecule has 0 aliphatic carbocycles. The standard InChI is InChI=1S/C21H19FN4O2/c1-13-20-19(28-16-7-8-18(23)17(22)11-16)9-10-24-21(20)26(25-13)12-14-3-5-15(27-2)6-4-14/h3-11H,12,23H2,1-2H3. The maximum atomic E-state index is 13.7. The van der Waals surface area contributed by atoms with Gasteiger partial charge in [-0.25, -0.2) is 14.1 Å². The monoisotopic (exact) mass is 378 g/mol. The Bertz CT molecular complexity index is 1140. The van der Waals surface area contributed by atoms with Crippen molar-refractivity contribution in [3.05, 3.63) is 71.8 Å². The summed E-state index contributed by atoms with van der Waals surface area (Å²) in [4.78, 5) is 4.47. The van der Waals surface area contributed by atoms with Crippen LogP contribution in [0.3, 0.4) is 0 Å². The molecule has 0 fully saturated rings. The van der Waals surface area contributed by atoms with Gasteiger partial charge in [0, 0.05) is 12.3 Å². The van der Waals surface area contributed by atoms with Crippen LogP contribution < -0.4 is 15.2 Å². The van der Waals surface area contributed by atoms with Crippen LogP contribution in [0.25, 0.3) is 11.0 Å². The van der Waals surface area contributed by atoms with Crippen molar-refractivity contribution in [2.45, 2.75) is 13.5 Å². The van der Waals surface area contributed by atoms with Crippen LogP contribution in [0.1, 0.15) is 11.3 Å². The smallest absolute Gasteiger partial charge is 0.162 e. The van der Waals surface area contributed by atoms with Crippen molar-refractivity contribution in [1.82, 2.24) is 14.8 Å². The molecular formula is C21H19FN4O2. The van der Waals surface area contributed by atoms with Gasteiger partial charge in [-0.3, -0.25) is 0 Å². The van der Waals surface area contributed by atoms with Gasteiger partial charge in [0.15, 0.2) is 5.65 Å². The molecule has 0 saturated carbocycles. The van der Waals surface area contributed by atoms with Gasteiger partial charge in [-0.15, -0.1) is 0 Å². The maximum Gasteiger partial charge on any atom is 0.162 e. The summed E-state index contributed by atoms with van der Waals surface area (Å²) in [5.74, 6) is 1.21. The van der Waals surface area contributed by atoms with Gasteiger partial charge in [-0.05, 0) is 42.8 Å². The SMILES string of the molecule is COc1ccc(Cn2nc(C)c3c(Oc4ccc(N)c(F)c4)ccnc32)cc1. The Morgan fingerprint density at radius 2 is 1.82 bits per heavy atom. The maximum absolute atomic E-state index is 13.7. The van der Waals surface area contributed by atoms with E-state index in [1.54, 1.807) is 25.4 Å². The van der Waals surface area contributed by atoms with Crippen LogP contribution >= 0.6 is 0 Å². The van der Waals surface area contributed by atoms with Crippen molar-refractivity contribution < 1.29 is 13.9 Å². The summed E-state index contributed by atoms with van der Waals surface area (Å²) in [6, 6.07) is 13.9. The first kappa shape index (κ1) is 17.8. The minimum atomic E-state index is -0.519. The normalized spacial score (nSPS) is 11.0. The Morgan fingerprint density at radius 3 is 2.54 bits per heavy atom. The number of nitrogens with two attached hydrogens (primary N) is 1. The summed E-state index contributed by atoms with van der Waals surface area (Å²) in [6.45, 7) is 2.45. The second-order valence-electron chi connectivity index (χ2n) is 6.38. The Hall–Kier alpha value is -3.61. The predicted octanol–water partition coefficient (Wildman–Crippen LogP) is 4.31. The number of aryl methyl sites for hydroxylation is 1. The second kappa shape index (κ2) is 7.19. The number of pyridine rings is 1. The van der Waals surface area contributed by atoms with Crippen molar-refractivity contribution in [3.8, 4) is 17.2 Å². The zero-order chi connectivity index (χ0) is 19.7. The average Bonchev–Trinajstić information content (AvgIpc) is 3.02. The molecule has 142 valence electrons. The number of nitrogens with zero attached hydrogens (tertiary/aromatic N) is 3. The zero-order valence-corrected chi connectivity index (χ0v) is 15.5. The quantitative estimate of drug-likeness (QED) is 0.524. The number of methoxy groups -OCH3 is 1. The molecule has 0 aliphatic heterocycles. The lowest BCUT2D eigenvalue weighted by atomic mass is 10.2. The molecular weight excluding hydrogens is 359 g/mol. The van der Waals surface area contributed by atoms with E-state index in [1.165, 1.54) is 12.1 Å². The van der Waals surface area contributed by atoms with E-state index in [0.29, 0.717) is 23.7 Å². The van der Waals surface area contributed by atoms with Gasteiger partial charge in [-0.2, -0.15) is 5.10 Å². The molecule has 0 unspecified atom stereocenters. The summed E-state index contributed by atoms with van der Waals surface area (Å²) < 4.78 is 26.6. The van der Waals surface area contributed by atoms with E-state index in [2.05, 4.69) is 10.1 Å². The summed E-state index contributed by atoms with van der Waals surface area (Å²) >= 11 is 0. The number of benzene rings is 2. The highest BCUT2D eigenvalue weighted by molar-refractivity contribution is 5.85. The van der Waals surface area contributed by atoms with Gasteiger partial charge in [-0.1, -0.05) is 12.1 Å². The molecule has 0 aliphatic rings. The fourth-order valence-electron chi connectivity index (χ4n) is 3.05. The van der Waals surface area contributed by atoms with Crippen LogP contribution in [0.2, 0.25) is 0 Å². The number of fused-ring (bicyclic) bond motifs is 1. The fraction of sp³-hybridized carbons (Fsp3) is 0.143. The van der Waals surface area contributed by atoms with E-state index < -0.39 is 5.82 Å². The van der Waals surface area contributed by atoms with Crippen molar-refractivity contribution in [3.63, 3.8) is 0 Å². The van der Waals surface area contributed by atoms with E-state index in [-0.39, 0.29) is 5.69 Å². The van der Waals surface area contributed by atoms with Crippen LogP contribution in [-0.2, 0) is 6.54 Å². The van der Waals surface area contributed by atoms with E-state index in [1.807, 2.05) is 35.9 Å². The molecule has 2 aromatic heterocycles. The molecule has 0 radical (unpaired) electrons. The van der Waals surface area contributed by atoms with Crippen LogP contribution in [0.5, 0.6) is 17.2 Å². The van der Waals surface area contributed by atoms with E-state index in [9.17, 15) is 4.39 Å². The minimum Gasteiger partial charge on any atom is -0.497 e. The van der Waals surface area contributed by atoms with Crippen molar-refractivity contribution in [1.29, 1.82) is 0 Å². The lowest BCUT2D eigenvalue weighted by Crippen LogP contribution is -2.02. The highest BCUT2D eigenvalue weighted by Crippen LogP contribution is 2.32. The minimum absolute atomic E-state index is 0.0794. The first-order chi connectivity index (χ1) is 13.5. The lowest BCUT2D eigenvalue weighted by molar-refractivity contribution is 0.414. The number of ether oxygens (including phenoxy) is 2. The molecule has 2 heterocycles. The Balaban J connectivity index is 1.69. The average molecular weight is 378 g/mol. The molecule has 0 atom stereocenters. The molecule has 2 aromatic carbocycles. The number of nitrogen functional groups attached to an aromatic ring is 1. The van der Waals surface area contributed by atoms with Crippen LogP contribution in [-0.4, -0.2) is 21.9 Å². The van der Waals surface area contributed by atoms with Gasteiger partial charge in [0.1, 0.15) is 23.1 Å². The number of anilines is 1. The van der Waals surface area contributed by atoms with Crippen LogP contribution in [0.15, 0.2) is 54.7 Å². The van der Waals surface area contributed by atoms with Crippen molar-refractivity contribution in [2.75, 3.05) is 12.8 Å². The van der Waals surface area contributed by atoms with Crippen molar-refractivity contribution in [2.24, 2.45) is 0 Å². The number of hydrogen-bond acceptors (Lipinski definition) is 5. The molecule has 28 heavy (non-hydrogen) atoms. The first-order valence-electron chi connectivity index (χ1n) is 8.73. The molecule has 6 nitrogen and oxygen atoms in total. The molecule has 4 aromatic rings. The predicted molar refractivity (Wildman–Crippen MR) is 105 cm³/mol. The van der Waals surface area contributed by atoms with Gasteiger partial charge in [0.05, 0.1) is 30.4 Å². The van der Waals surface area contributed by atoms with Crippen LogP contribution in [0.4, 0.5) is 10.1 Å². The molecule has 7 heteroatoms. The fourth-order valence-corrected chi connectivity index (χ4v) is 3.05. The first-order valence-corrected chi connectivity index (χ1v) is 8.73. The van der Waals surface area contributed by atoms with Gasteiger partial charge in [0.2, 0.25) is 0 Å². The highest BCUT2D eigenvalue weighted by atomic mass is 19.1. The van der Waals surface area contributed by atoms with Gasteiger partial charge in [0.25, 0.3) is 0 Å². The number of hydrogen-bond donors (Lipinski definition) is 1. The third-order valence-electron chi connectivity index (χ3n) is 4.46. The third kappa shape index (κ3) is 3.34. The zero-order valence-electron chi connectivity index (χ0n) is 15.5. The Kier molecular flexibility index (Phi) is 4.57. The third-order valence-corrected chi connectivity index (χ3v) is 4.46. The summed E-state index contributed by atoms with van der Waals surface area (Å²) in [5, 5.41) is 5.40. The Labute approximate surface area is 161 Å². The Morgan fingerprint density at radius 1 is 1.07 bits per heavy atom. The van der Waals surface area contributed by atoms with Crippen molar-refractivity contribution >= 4 is 16.7 Å². The summed E-state index contributed by atoms with van der Waals surface area (Å²) in [5.41, 5.74) is 8.15. The molecule has 0 amide bonds. The highest BCUT2D eigenvalue weighted by Gasteiger charge is 2.15. The van der Waals surface area contributed by atoms with E-state index >= 15 is 0 Å². The molecule has 0 spiro atoms. The number of rotatable bonds is 5. The molecule has 2 N–H and O–H groups in total. The van der Waals surface area contributed by atoms with Crippen LogP contribution in [0, 0.1) is 12.7 Å². The largest absolute Gasteiger partial charge is 0.497 e. The van der Waals surface area contributed by atoms with E-state index in [0.717, 1.165) is 22.4 Å². The van der Waals surface area contributed by atoms with E-state index in [4.69, 9.17) is 15.2 Å². The topological polar surface area (TPSA) is 75.2 Å². The molecule has 0 bridgehead atoms. The molecule has 4 rings (SSSR count). The van der Waals surface area contributed by atoms with Gasteiger partial charge >= 0.3 is 0 Å². The summed E-state index contributed by atoms with van der Waals surface area (Å²) in [7, 11) is 1.64. The lowest BCUT2D eigenvalue weighted by Gasteiger charge is -2.08. The number of halogens is 1. The number of aromatic nitrogens is 3.